The van der Waals surface area contributed by atoms with Gasteiger partial charge in [0.1, 0.15) is 29.5 Å². The number of fused-ring (bicyclic) bond motifs is 1. The van der Waals surface area contributed by atoms with Crippen LogP contribution in [0.3, 0.4) is 0 Å². The van der Waals surface area contributed by atoms with E-state index in [9.17, 15) is 0 Å². The summed E-state index contributed by atoms with van der Waals surface area (Å²) in [5.74, 6) is 3.18. The highest BCUT2D eigenvalue weighted by molar-refractivity contribution is 5.91. The van der Waals surface area contributed by atoms with Gasteiger partial charge in [0.25, 0.3) is 0 Å². The van der Waals surface area contributed by atoms with E-state index in [0.717, 1.165) is 39.7 Å². The van der Waals surface area contributed by atoms with Crippen LogP contribution in [0.1, 0.15) is 0 Å². The van der Waals surface area contributed by atoms with E-state index in [-0.39, 0.29) is 0 Å². The molecule has 1 N–H and O–H groups in total. The molecule has 0 bridgehead atoms. The third-order valence-corrected chi connectivity index (χ3v) is 4.06. The summed E-state index contributed by atoms with van der Waals surface area (Å²) in [6.45, 7) is 0. The van der Waals surface area contributed by atoms with Gasteiger partial charge in [-0.1, -0.05) is 18.2 Å². The Hall–Kier alpha value is -3.67. The van der Waals surface area contributed by atoms with E-state index in [1.165, 1.54) is 6.33 Å². The maximum Gasteiger partial charge on any atom is 0.141 e. The number of rotatable bonds is 5. The third-order valence-electron chi connectivity index (χ3n) is 4.06. The molecule has 0 atom stereocenters. The van der Waals surface area contributed by atoms with E-state index in [2.05, 4.69) is 20.3 Å². The number of nitrogens with zero attached hydrogens (tertiary/aromatic N) is 4. The number of aromatic nitrogens is 3. The van der Waals surface area contributed by atoms with Crippen molar-refractivity contribution in [3.63, 3.8) is 0 Å². The second-order valence-corrected chi connectivity index (χ2v) is 6.24. The van der Waals surface area contributed by atoms with Crippen molar-refractivity contribution < 1.29 is 4.74 Å². The highest BCUT2D eigenvalue weighted by Crippen LogP contribution is 2.27. The zero-order valence-electron chi connectivity index (χ0n) is 15.1. The van der Waals surface area contributed by atoms with Gasteiger partial charge in [0.05, 0.1) is 11.7 Å². The molecular weight excluding hydrogens is 338 g/mol. The van der Waals surface area contributed by atoms with E-state index < -0.39 is 0 Å². The van der Waals surface area contributed by atoms with Crippen LogP contribution in [0.5, 0.6) is 11.5 Å². The maximum absolute atomic E-state index is 5.83. The minimum atomic E-state index is 0.738. The highest BCUT2D eigenvalue weighted by Gasteiger charge is 2.08. The minimum Gasteiger partial charge on any atom is -0.457 e. The van der Waals surface area contributed by atoms with Gasteiger partial charge >= 0.3 is 0 Å². The van der Waals surface area contributed by atoms with Crippen LogP contribution >= 0.6 is 0 Å². The molecule has 0 amide bonds. The van der Waals surface area contributed by atoms with Crippen molar-refractivity contribution >= 4 is 28.2 Å². The number of para-hydroxylation sites is 1. The molecule has 0 aliphatic carbocycles. The van der Waals surface area contributed by atoms with Crippen LogP contribution in [0.25, 0.3) is 10.9 Å². The number of nitrogens with one attached hydrogen (secondary N) is 1. The summed E-state index contributed by atoms with van der Waals surface area (Å²) >= 11 is 0. The SMILES string of the molecule is CN(C)c1cc2c(Nc3ccc(Oc4ccccc4)cc3)ncnc2cn1. The van der Waals surface area contributed by atoms with Crippen molar-refractivity contribution in [1.29, 1.82) is 0 Å². The van der Waals surface area contributed by atoms with Gasteiger partial charge in [-0.2, -0.15) is 0 Å². The van der Waals surface area contributed by atoms with Crippen molar-refractivity contribution in [2.24, 2.45) is 0 Å². The first-order valence-corrected chi connectivity index (χ1v) is 8.57. The molecule has 0 saturated heterocycles. The number of benzene rings is 2. The van der Waals surface area contributed by atoms with E-state index in [1.54, 1.807) is 6.20 Å². The smallest absolute Gasteiger partial charge is 0.141 e. The summed E-state index contributed by atoms with van der Waals surface area (Å²) < 4.78 is 5.83. The van der Waals surface area contributed by atoms with Crippen LogP contribution in [0.4, 0.5) is 17.3 Å². The van der Waals surface area contributed by atoms with Gasteiger partial charge in [-0.05, 0) is 42.5 Å². The molecule has 134 valence electrons. The molecule has 0 aliphatic heterocycles. The Morgan fingerprint density at radius 3 is 2.33 bits per heavy atom. The lowest BCUT2D eigenvalue weighted by molar-refractivity contribution is 0.483. The largest absolute Gasteiger partial charge is 0.457 e. The molecule has 4 rings (SSSR count). The Morgan fingerprint density at radius 1 is 0.852 bits per heavy atom. The summed E-state index contributed by atoms with van der Waals surface area (Å²) in [7, 11) is 3.91. The molecular formula is C21H19N5O. The van der Waals surface area contributed by atoms with E-state index in [1.807, 2.05) is 79.7 Å². The van der Waals surface area contributed by atoms with Gasteiger partial charge in [0.2, 0.25) is 0 Å². The van der Waals surface area contributed by atoms with Crippen LogP contribution < -0.4 is 15.0 Å². The maximum atomic E-state index is 5.83. The zero-order chi connectivity index (χ0) is 18.6. The van der Waals surface area contributed by atoms with Crippen molar-refractivity contribution in [1.82, 2.24) is 15.0 Å². The summed E-state index contributed by atoms with van der Waals surface area (Å²) in [5.41, 5.74) is 1.71. The lowest BCUT2D eigenvalue weighted by Gasteiger charge is -2.13. The van der Waals surface area contributed by atoms with Gasteiger partial charge in [-0.3, -0.25) is 0 Å². The van der Waals surface area contributed by atoms with Crippen molar-refractivity contribution in [2.75, 3.05) is 24.3 Å². The molecule has 0 radical (unpaired) electrons. The first-order chi connectivity index (χ1) is 13.2. The lowest BCUT2D eigenvalue weighted by atomic mass is 10.2. The first kappa shape index (κ1) is 16.8. The molecule has 0 unspecified atom stereocenters. The third kappa shape index (κ3) is 3.79. The van der Waals surface area contributed by atoms with Crippen LogP contribution in [0.2, 0.25) is 0 Å². The number of hydrogen-bond donors (Lipinski definition) is 1. The summed E-state index contributed by atoms with van der Waals surface area (Å²) in [6.07, 6.45) is 3.29. The molecule has 27 heavy (non-hydrogen) atoms. The molecule has 0 fully saturated rings. The average Bonchev–Trinajstić information content (AvgIpc) is 2.70. The molecule has 4 aromatic rings. The summed E-state index contributed by atoms with van der Waals surface area (Å²) in [6, 6.07) is 19.4. The Morgan fingerprint density at radius 2 is 1.59 bits per heavy atom. The quantitative estimate of drug-likeness (QED) is 0.562. The lowest BCUT2D eigenvalue weighted by Crippen LogP contribution is -2.10. The van der Waals surface area contributed by atoms with Gasteiger partial charge in [0, 0.05) is 25.2 Å². The fourth-order valence-electron chi connectivity index (χ4n) is 2.66. The Labute approximate surface area is 157 Å². The van der Waals surface area contributed by atoms with E-state index in [0.29, 0.717) is 0 Å². The highest BCUT2D eigenvalue weighted by atomic mass is 16.5. The van der Waals surface area contributed by atoms with Crippen molar-refractivity contribution in [3.8, 4) is 11.5 Å². The monoisotopic (exact) mass is 357 g/mol. The predicted octanol–water partition coefficient (Wildman–Crippen LogP) is 4.63. The van der Waals surface area contributed by atoms with Gasteiger partial charge in [0.15, 0.2) is 0 Å². The molecule has 0 spiro atoms. The zero-order valence-corrected chi connectivity index (χ0v) is 15.1. The molecule has 2 heterocycles. The minimum absolute atomic E-state index is 0.738. The van der Waals surface area contributed by atoms with Crippen LogP contribution in [0, 0.1) is 0 Å². The summed E-state index contributed by atoms with van der Waals surface area (Å²) in [5, 5.41) is 4.27. The predicted molar refractivity (Wildman–Crippen MR) is 108 cm³/mol. The van der Waals surface area contributed by atoms with Gasteiger partial charge < -0.3 is 15.0 Å². The van der Waals surface area contributed by atoms with Crippen molar-refractivity contribution in [2.45, 2.75) is 0 Å². The van der Waals surface area contributed by atoms with Gasteiger partial charge in [-0.15, -0.1) is 0 Å². The Kier molecular flexibility index (Phi) is 4.53. The second-order valence-electron chi connectivity index (χ2n) is 6.24. The Balaban J connectivity index is 1.58. The standard InChI is InChI=1S/C21H19N5O/c1-26(2)20-12-18-19(13-22-20)23-14-24-21(18)25-15-8-10-17(11-9-15)27-16-6-4-3-5-7-16/h3-14H,1-2H3,(H,23,24,25). The number of ether oxygens (including phenoxy) is 1. The normalized spacial score (nSPS) is 10.6. The number of anilines is 3. The van der Waals surface area contributed by atoms with E-state index in [4.69, 9.17) is 4.74 Å². The Bertz CT molecular complexity index is 1050. The van der Waals surface area contributed by atoms with Crippen LogP contribution in [-0.4, -0.2) is 29.0 Å². The fraction of sp³-hybridized carbons (Fsp3) is 0.0952. The van der Waals surface area contributed by atoms with Crippen LogP contribution in [-0.2, 0) is 0 Å². The molecule has 6 nitrogen and oxygen atoms in total. The molecule has 0 saturated carbocycles. The molecule has 2 aromatic carbocycles. The average molecular weight is 357 g/mol. The van der Waals surface area contributed by atoms with Gasteiger partial charge in [-0.25, -0.2) is 15.0 Å². The topological polar surface area (TPSA) is 63.2 Å². The molecule has 0 aliphatic rings. The number of hydrogen-bond acceptors (Lipinski definition) is 6. The second kappa shape index (κ2) is 7.29. The van der Waals surface area contributed by atoms with Crippen molar-refractivity contribution in [3.05, 3.63) is 73.2 Å². The first-order valence-electron chi connectivity index (χ1n) is 8.57. The van der Waals surface area contributed by atoms with Crippen LogP contribution in [0.15, 0.2) is 73.2 Å². The molecule has 2 aromatic heterocycles. The summed E-state index contributed by atoms with van der Waals surface area (Å²) in [4.78, 5) is 15.0. The molecule has 6 heteroatoms. The fourth-order valence-corrected chi connectivity index (χ4v) is 2.66. The number of pyridine rings is 1. The van der Waals surface area contributed by atoms with E-state index >= 15 is 0 Å².